The van der Waals surface area contributed by atoms with Crippen LogP contribution in [0.3, 0.4) is 0 Å². The standard InChI is InChI=1S/C20H20N4O3/c25-18-7-6-16(19(26)22-18)24-10-13-9-12(4-5-14(13)20(24)27)15-11-23-8-2-1-3-17(23)21-15/h4-5,9,11,16H,1-3,6-8,10H2,(H,22,25,26). The number of piperidine rings is 1. The van der Waals surface area contributed by atoms with Crippen molar-refractivity contribution in [2.75, 3.05) is 0 Å². The number of amides is 3. The van der Waals surface area contributed by atoms with E-state index >= 15 is 0 Å². The zero-order chi connectivity index (χ0) is 18.5. The lowest BCUT2D eigenvalue weighted by atomic mass is 10.0. The van der Waals surface area contributed by atoms with Crippen LogP contribution in [-0.2, 0) is 29.1 Å². The summed E-state index contributed by atoms with van der Waals surface area (Å²) in [5.74, 6) is 0.328. The molecular weight excluding hydrogens is 344 g/mol. The number of nitrogens with zero attached hydrogens (tertiary/aromatic N) is 3. The van der Waals surface area contributed by atoms with Gasteiger partial charge in [-0.2, -0.15) is 0 Å². The van der Waals surface area contributed by atoms with Crippen LogP contribution in [0, 0.1) is 0 Å². The fourth-order valence-corrected chi connectivity index (χ4v) is 4.29. The van der Waals surface area contributed by atoms with Crippen LogP contribution in [0.5, 0.6) is 0 Å². The van der Waals surface area contributed by atoms with Gasteiger partial charge in [0, 0.05) is 43.3 Å². The van der Waals surface area contributed by atoms with Crippen molar-refractivity contribution in [2.24, 2.45) is 0 Å². The highest BCUT2D eigenvalue weighted by molar-refractivity contribution is 6.05. The van der Waals surface area contributed by atoms with Gasteiger partial charge in [-0.1, -0.05) is 6.07 Å². The van der Waals surface area contributed by atoms with Gasteiger partial charge in [-0.3, -0.25) is 19.7 Å². The van der Waals surface area contributed by atoms with E-state index in [1.54, 1.807) is 4.90 Å². The molecule has 0 aliphatic carbocycles. The predicted molar refractivity (Wildman–Crippen MR) is 96.6 cm³/mol. The maximum atomic E-state index is 12.8. The summed E-state index contributed by atoms with van der Waals surface area (Å²) >= 11 is 0. The lowest BCUT2D eigenvalue weighted by Crippen LogP contribution is -2.52. The zero-order valence-corrected chi connectivity index (χ0v) is 14.9. The Morgan fingerprint density at radius 3 is 2.81 bits per heavy atom. The van der Waals surface area contributed by atoms with Crippen molar-refractivity contribution in [1.82, 2.24) is 19.8 Å². The highest BCUT2D eigenvalue weighted by atomic mass is 16.2. The molecule has 1 atom stereocenters. The molecule has 4 heterocycles. The van der Waals surface area contributed by atoms with Crippen LogP contribution < -0.4 is 5.32 Å². The molecule has 5 rings (SSSR count). The van der Waals surface area contributed by atoms with E-state index in [2.05, 4.69) is 16.1 Å². The molecular formula is C20H20N4O3. The minimum Gasteiger partial charge on any atom is -0.334 e. The van der Waals surface area contributed by atoms with Gasteiger partial charge < -0.3 is 9.47 Å². The molecule has 3 aliphatic heterocycles. The van der Waals surface area contributed by atoms with Crippen molar-refractivity contribution >= 4 is 17.7 Å². The van der Waals surface area contributed by atoms with Gasteiger partial charge >= 0.3 is 0 Å². The van der Waals surface area contributed by atoms with Crippen molar-refractivity contribution < 1.29 is 14.4 Å². The highest BCUT2D eigenvalue weighted by Gasteiger charge is 2.39. The summed E-state index contributed by atoms with van der Waals surface area (Å²) in [5.41, 5.74) is 3.47. The van der Waals surface area contributed by atoms with Crippen LogP contribution in [-0.4, -0.2) is 38.2 Å². The van der Waals surface area contributed by atoms with Gasteiger partial charge in [0.15, 0.2) is 0 Å². The van der Waals surface area contributed by atoms with Crippen LogP contribution in [0.15, 0.2) is 24.4 Å². The van der Waals surface area contributed by atoms with Crippen molar-refractivity contribution in [3.63, 3.8) is 0 Å². The smallest absolute Gasteiger partial charge is 0.255 e. The summed E-state index contributed by atoms with van der Waals surface area (Å²) in [6, 6.07) is 5.19. The van der Waals surface area contributed by atoms with Crippen LogP contribution in [0.2, 0.25) is 0 Å². The number of carbonyl (C=O) groups excluding carboxylic acids is 3. The Morgan fingerprint density at radius 2 is 2.00 bits per heavy atom. The van der Waals surface area contributed by atoms with Crippen LogP contribution in [0.4, 0.5) is 0 Å². The van der Waals surface area contributed by atoms with E-state index in [-0.39, 0.29) is 24.1 Å². The molecule has 7 heteroatoms. The van der Waals surface area contributed by atoms with Crippen LogP contribution in [0.1, 0.15) is 47.4 Å². The Hall–Kier alpha value is -2.96. The molecule has 1 saturated heterocycles. The van der Waals surface area contributed by atoms with Crippen molar-refractivity contribution in [2.45, 2.75) is 51.2 Å². The van der Waals surface area contributed by atoms with Gasteiger partial charge in [0.1, 0.15) is 11.9 Å². The van der Waals surface area contributed by atoms with E-state index < -0.39 is 6.04 Å². The summed E-state index contributed by atoms with van der Waals surface area (Å²) in [7, 11) is 0. The van der Waals surface area contributed by atoms with Crippen molar-refractivity contribution in [1.29, 1.82) is 0 Å². The minimum absolute atomic E-state index is 0.143. The van der Waals surface area contributed by atoms with E-state index in [0.29, 0.717) is 18.5 Å². The van der Waals surface area contributed by atoms with Crippen LogP contribution >= 0.6 is 0 Å². The van der Waals surface area contributed by atoms with E-state index in [1.165, 1.54) is 12.8 Å². The number of aryl methyl sites for hydroxylation is 2. The average molecular weight is 364 g/mol. The fourth-order valence-electron chi connectivity index (χ4n) is 4.29. The van der Waals surface area contributed by atoms with E-state index in [1.807, 2.05) is 18.2 Å². The summed E-state index contributed by atoms with van der Waals surface area (Å²) in [4.78, 5) is 42.6. The molecule has 2 aromatic rings. The Kier molecular flexibility index (Phi) is 3.63. The molecule has 3 aliphatic rings. The number of nitrogens with one attached hydrogen (secondary N) is 1. The fraction of sp³-hybridized carbons (Fsp3) is 0.400. The normalized spacial score (nSPS) is 21.9. The van der Waals surface area contributed by atoms with E-state index in [0.717, 1.165) is 35.6 Å². The Bertz CT molecular complexity index is 954. The topological polar surface area (TPSA) is 84.3 Å². The monoisotopic (exact) mass is 364 g/mol. The third kappa shape index (κ3) is 2.65. The molecule has 138 valence electrons. The number of hydrogen-bond acceptors (Lipinski definition) is 4. The second-order valence-electron chi connectivity index (χ2n) is 7.46. The maximum Gasteiger partial charge on any atom is 0.255 e. The zero-order valence-electron chi connectivity index (χ0n) is 14.9. The number of benzene rings is 1. The Morgan fingerprint density at radius 1 is 1.11 bits per heavy atom. The molecule has 1 aromatic heterocycles. The van der Waals surface area contributed by atoms with Crippen molar-refractivity contribution in [3.05, 3.63) is 41.3 Å². The molecule has 0 radical (unpaired) electrons. The third-order valence-electron chi connectivity index (χ3n) is 5.73. The number of imide groups is 1. The number of carbonyl (C=O) groups is 3. The summed E-state index contributed by atoms with van der Waals surface area (Å²) in [5, 5.41) is 2.33. The van der Waals surface area contributed by atoms with Gasteiger partial charge in [-0.25, -0.2) is 4.98 Å². The molecule has 27 heavy (non-hydrogen) atoms. The quantitative estimate of drug-likeness (QED) is 0.821. The predicted octanol–water partition coefficient (Wildman–Crippen LogP) is 1.65. The number of fused-ring (bicyclic) bond motifs is 2. The Balaban J connectivity index is 1.43. The molecule has 7 nitrogen and oxygen atoms in total. The first-order valence-corrected chi connectivity index (χ1v) is 9.44. The SMILES string of the molecule is O=C1CCC(N2Cc3cc(-c4cn5c(n4)CCCC5)ccc3C2=O)C(=O)N1. The first-order valence-electron chi connectivity index (χ1n) is 9.44. The van der Waals surface area contributed by atoms with Gasteiger partial charge in [0.25, 0.3) is 5.91 Å². The summed E-state index contributed by atoms with van der Waals surface area (Å²) < 4.78 is 2.22. The summed E-state index contributed by atoms with van der Waals surface area (Å²) in [6.07, 6.45) is 6.10. The molecule has 1 unspecified atom stereocenters. The largest absolute Gasteiger partial charge is 0.334 e. The van der Waals surface area contributed by atoms with E-state index in [4.69, 9.17) is 4.98 Å². The van der Waals surface area contributed by atoms with Crippen LogP contribution in [0.25, 0.3) is 11.3 Å². The number of imidazole rings is 1. The summed E-state index contributed by atoms with van der Waals surface area (Å²) in [6.45, 7) is 1.40. The molecule has 0 bridgehead atoms. The van der Waals surface area contributed by atoms with Gasteiger partial charge in [-0.05, 0) is 37.0 Å². The second-order valence-corrected chi connectivity index (χ2v) is 7.46. The second kappa shape index (κ2) is 6.04. The molecule has 1 N–H and O–H groups in total. The van der Waals surface area contributed by atoms with Crippen molar-refractivity contribution in [3.8, 4) is 11.3 Å². The molecule has 3 amide bonds. The minimum atomic E-state index is -0.578. The Labute approximate surface area is 156 Å². The molecule has 1 fully saturated rings. The van der Waals surface area contributed by atoms with Gasteiger partial charge in [-0.15, -0.1) is 0 Å². The number of rotatable bonds is 2. The van der Waals surface area contributed by atoms with Gasteiger partial charge in [0.2, 0.25) is 11.8 Å². The maximum absolute atomic E-state index is 12.8. The lowest BCUT2D eigenvalue weighted by molar-refractivity contribution is -0.136. The first-order chi connectivity index (χ1) is 13.1. The lowest BCUT2D eigenvalue weighted by Gasteiger charge is -2.29. The average Bonchev–Trinajstić information content (AvgIpc) is 3.23. The highest BCUT2D eigenvalue weighted by Crippen LogP contribution is 2.31. The molecule has 0 saturated carbocycles. The molecule has 0 spiro atoms. The third-order valence-corrected chi connectivity index (χ3v) is 5.73. The van der Waals surface area contributed by atoms with Gasteiger partial charge in [0.05, 0.1) is 5.69 Å². The number of hydrogen-bond donors (Lipinski definition) is 1. The first kappa shape index (κ1) is 16.2. The van der Waals surface area contributed by atoms with E-state index in [9.17, 15) is 14.4 Å². The number of aromatic nitrogens is 2. The molecule has 1 aromatic carbocycles.